The van der Waals surface area contributed by atoms with Crippen LogP contribution >= 0.6 is 0 Å². The molecular weight excluding hydrogens is 222 g/mol. The first-order chi connectivity index (χ1) is 8.74. The summed E-state index contributed by atoms with van der Waals surface area (Å²) in [4.78, 5) is 4.59. The molecule has 0 bridgehead atoms. The lowest BCUT2D eigenvalue weighted by Gasteiger charge is -2.30. The quantitative estimate of drug-likeness (QED) is 0.693. The van der Waals surface area contributed by atoms with E-state index in [4.69, 9.17) is 0 Å². The Morgan fingerprint density at radius 1 is 0.778 bits per heavy atom. The topological polar surface area (TPSA) is 59.9 Å². The molecule has 2 aliphatic rings. The van der Waals surface area contributed by atoms with Gasteiger partial charge in [0.1, 0.15) is 5.54 Å². The second kappa shape index (κ2) is 5.53. The monoisotopic (exact) mass is 243 g/mol. The highest BCUT2D eigenvalue weighted by Gasteiger charge is 2.35. The molecule has 0 radical (unpaired) electrons. The van der Waals surface area contributed by atoms with Gasteiger partial charge in [-0.2, -0.15) is 10.5 Å². The molecule has 0 aromatic carbocycles. The van der Waals surface area contributed by atoms with Crippen molar-refractivity contribution < 1.29 is 0 Å². The fourth-order valence-corrected chi connectivity index (χ4v) is 3.11. The average molecular weight is 243 g/mol. The summed E-state index contributed by atoms with van der Waals surface area (Å²) in [6.07, 6.45) is 12.2. The SMILES string of the molecule is N#CC1(C=NC2(C#N)CCCCC2)CCCCC1. The molecule has 0 aliphatic heterocycles. The molecule has 2 aliphatic carbocycles. The first-order valence-electron chi connectivity index (χ1n) is 7.13. The van der Waals surface area contributed by atoms with E-state index in [2.05, 4.69) is 17.1 Å². The summed E-state index contributed by atoms with van der Waals surface area (Å²) < 4.78 is 0. The molecular formula is C15H21N3. The highest BCUT2D eigenvalue weighted by atomic mass is 14.9. The Kier molecular flexibility index (Phi) is 4.02. The van der Waals surface area contributed by atoms with E-state index in [1.807, 2.05) is 6.21 Å². The maximum absolute atomic E-state index is 9.40. The van der Waals surface area contributed by atoms with Crippen molar-refractivity contribution in [1.29, 1.82) is 10.5 Å². The fraction of sp³-hybridized carbons (Fsp3) is 0.800. The van der Waals surface area contributed by atoms with Crippen LogP contribution in [0.5, 0.6) is 0 Å². The number of nitrogens with zero attached hydrogens (tertiary/aromatic N) is 3. The van der Waals surface area contributed by atoms with E-state index in [1.165, 1.54) is 12.8 Å². The summed E-state index contributed by atoms with van der Waals surface area (Å²) in [6.45, 7) is 0. The van der Waals surface area contributed by atoms with E-state index in [-0.39, 0.29) is 5.41 Å². The van der Waals surface area contributed by atoms with Crippen LogP contribution in [0.25, 0.3) is 0 Å². The van der Waals surface area contributed by atoms with Crippen molar-refractivity contribution in [2.75, 3.05) is 0 Å². The molecule has 2 saturated carbocycles. The average Bonchev–Trinajstić information content (AvgIpc) is 2.47. The van der Waals surface area contributed by atoms with E-state index in [0.29, 0.717) is 0 Å². The lowest BCUT2D eigenvalue weighted by Crippen LogP contribution is -2.31. The standard InChI is InChI=1S/C15H21N3/c16-11-14(7-3-1-4-8-14)13-18-15(12-17)9-5-2-6-10-15/h13H,1-10H2. The first-order valence-corrected chi connectivity index (χ1v) is 7.13. The van der Waals surface area contributed by atoms with Crippen LogP contribution in [0.15, 0.2) is 4.99 Å². The van der Waals surface area contributed by atoms with Gasteiger partial charge >= 0.3 is 0 Å². The molecule has 2 fully saturated rings. The molecule has 96 valence electrons. The molecule has 0 aromatic rings. The molecule has 0 unspecified atom stereocenters. The lowest BCUT2D eigenvalue weighted by molar-refractivity contribution is 0.348. The first kappa shape index (κ1) is 13.1. The number of rotatable bonds is 2. The Labute approximate surface area is 110 Å². The van der Waals surface area contributed by atoms with Gasteiger partial charge in [-0.3, -0.25) is 4.99 Å². The molecule has 3 nitrogen and oxygen atoms in total. The third-order valence-electron chi connectivity index (χ3n) is 4.42. The van der Waals surface area contributed by atoms with Crippen molar-refractivity contribution in [3.05, 3.63) is 0 Å². The number of aliphatic imine (C=N–C) groups is 1. The Hall–Kier alpha value is -1.35. The highest BCUT2D eigenvalue weighted by Crippen LogP contribution is 2.36. The van der Waals surface area contributed by atoms with Gasteiger partial charge in [0.2, 0.25) is 0 Å². The third-order valence-corrected chi connectivity index (χ3v) is 4.42. The molecule has 0 atom stereocenters. The third kappa shape index (κ3) is 2.72. The maximum Gasteiger partial charge on any atom is 0.146 e. The van der Waals surface area contributed by atoms with Crippen molar-refractivity contribution in [3.63, 3.8) is 0 Å². The Bertz CT molecular complexity index is 347. The van der Waals surface area contributed by atoms with Gasteiger partial charge in [-0.05, 0) is 38.5 Å². The zero-order chi connectivity index (χ0) is 12.9. The van der Waals surface area contributed by atoms with Gasteiger partial charge in [0.15, 0.2) is 0 Å². The van der Waals surface area contributed by atoms with Gasteiger partial charge in [0.05, 0.1) is 17.6 Å². The van der Waals surface area contributed by atoms with Gasteiger partial charge < -0.3 is 0 Å². The zero-order valence-electron chi connectivity index (χ0n) is 11.0. The molecule has 2 rings (SSSR count). The highest BCUT2D eigenvalue weighted by molar-refractivity contribution is 5.70. The van der Waals surface area contributed by atoms with E-state index in [0.717, 1.165) is 51.4 Å². The summed E-state index contributed by atoms with van der Waals surface area (Å²) in [7, 11) is 0. The smallest absolute Gasteiger partial charge is 0.146 e. The molecule has 0 aromatic heterocycles. The predicted molar refractivity (Wildman–Crippen MR) is 71.1 cm³/mol. The van der Waals surface area contributed by atoms with Crippen LogP contribution in [0.1, 0.15) is 64.2 Å². The fourth-order valence-electron chi connectivity index (χ4n) is 3.11. The van der Waals surface area contributed by atoms with Crippen LogP contribution < -0.4 is 0 Å². The lowest BCUT2D eigenvalue weighted by atomic mass is 9.75. The van der Waals surface area contributed by atoms with Crippen LogP contribution in [-0.4, -0.2) is 11.8 Å². The summed E-state index contributed by atoms with van der Waals surface area (Å²) in [6, 6.07) is 4.83. The zero-order valence-corrected chi connectivity index (χ0v) is 11.0. The van der Waals surface area contributed by atoms with Gasteiger partial charge in [-0.15, -0.1) is 0 Å². The normalized spacial score (nSPS) is 26.3. The van der Waals surface area contributed by atoms with Gasteiger partial charge in [0, 0.05) is 6.21 Å². The van der Waals surface area contributed by atoms with E-state index < -0.39 is 5.54 Å². The Balaban J connectivity index is 2.12. The van der Waals surface area contributed by atoms with Gasteiger partial charge in [-0.25, -0.2) is 0 Å². The number of hydrogen-bond acceptors (Lipinski definition) is 3. The van der Waals surface area contributed by atoms with Crippen molar-refractivity contribution in [3.8, 4) is 12.1 Å². The minimum absolute atomic E-state index is 0.389. The maximum atomic E-state index is 9.40. The second-order valence-electron chi connectivity index (χ2n) is 5.79. The minimum Gasteiger partial charge on any atom is -0.274 e. The van der Waals surface area contributed by atoms with Crippen LogP contribution in [-0.2, 0) is 0 Å². The van der Waals surface area contributed by atoms with Crippen LogP contribution in [0.2, 0.25) is 0 Å². The second-order valence-corrected chi connectivity index (χ2v) is 5.79. The minimum atomic E-state index is -0.528. The predicted octanol–water partition coefficient (Wildman–Crippen LogP) is 3.76. The Morgan fingerprint density at radius 3 is 1.83 bits per heavy atom. The van der Waals surface area contributed by atoms with Crippen LogP contribution in [0, 0.1) is 28.1 Å². The molecule has 0 amide bonds. The van der Waals surface area contributed by atoms with Crippen LogP contribution in [0.3, 0.4) is 0 Å². The molecule has 18 heavy (non-hydrogen) atoms. The number of hydrogen-bond donors (Lipinski definition) is 0. The summed E-state index contributed by atoms with van der Waals surface area (Å²) in [5.74, 6) is 0. The molecule has 3 heteroatoms. The van der Waals surface area contributed by atoms with Crippen LogP contribution in [0.4, 0.5) is 0 Å². The van der Waals surface area contributed by atoms with Crippen molar-refractivity contribution in [2.45, 2.75) is 69.7 Å². The Morgan fingerprint density at radius 2 is 1.33 bits per heavy atom. The van der Waals surface area contributed by atoms with Crippen molar-refractivity contribution in [1.82, 2.24) is 0 Å². The van der Waals surface area contributed by atoms with E-state index in [1.54, 1.807) is 0 Å². The summed E-state index contributed by atoms with van der Waals surface area (Å²) >= 11 is 0. The molecule has 0 spiro atoms. The van der Waals surface area contributed by atoms with Crippen molar-refractivity contribution in [2.24, 2.45) is 10.4 Å². The largest absolute Gasteiger partial charge is 0.274 e. The summed E-state index contributed by atoms with van der Waals surface area (Å²) in [5, 5.41) is 18.8. The van der Waals surface area contributed by atoms with E-state index >= 15 is 0 Å². The molecule has 0 N–H and O–H groups in total. The van der Waals surface area contributed by atoms with Crippen molar-refractivity contribution >= 4 is 6.21 Å². The molecule has 0 saturated heterocycles. The summed E-state index contributed by atoms with van der Waals surface area (Å²) in [5.41, 5.74) is -0.918. The number of nitriles is 2. The van der Waals surface area contributed by atoms with E-state index in [9.17, 15) is 10.5 Å². The molecule has 0 heterocycles. The van der Waals surface area contributed by atoms with Gasteiger partial charge in [-0.1, -0.05) is 25.7 Å². The van der Waals surface area contributed by atoms with Gasteiger partial charge in [0.25, 0.3) is 0 Å².